The average Bonchev–Trinajstić information content (AvgIpc) is 2.69. The summed E-state index contributed by atoms with van der Waals surface area (Å²) in [4.78, 5) is 0.199. The lowest BCUT2D eigenvalue weighted by molar-refractivity contribution is 0.422. The van der Waals surface area contributed by atoms with E-state index in [2.05, 4.69) is 0 Å². The Labute approximate surface area is 197 Å². The fraction of sp³-hybridized carbons (Fsp3) is 0.357. The molecule has 33 heavy (non-hydrogen) atoms. The number of phenolic OH excluding ortho intramolecular Hbond substituents is 1. The molecule has 0 aromatic heterocycles. The first kappa shape index (κ1) is 25.0. The molecule has 0 heterocycles. The van der Waals surface area contributed by atoms with Crippen LogP contribution in [0.25, 0.3) is 0 Å². The summed E-state index contributed by atoms with van der Waals surface area (Å²) in [5, 5.41) is 10.1. The predicted molar refractivity (Wildman–Crippen MR) is 132 cm³/mol. The predicted octanol–water partition coefficient (Wildman–Crippen LogP) is 7.00. The van der Waals surface area contributed by atoms with Crippen LogP contribution in [0.4, 0.5) is 4.39 Å². The van der Waals surface area contributed by atoms with Gasteiger partial charge in [-0.3, -0.25) is 0 Å². The summed E-state index contributed by atoms with van der Waals surface area (Å²) in [5.41, 5.74) is 2.51. The quantitative estimate of drug-likeness (QED) is 0.449. The normalized spacial score (nSPS) is 13.7. The van der Waals surface area contributed by atoms with E-state index in [0.717, 1.165) is 5.56 Å². The maximum atomic E-state index is 14.0. The molecule has 0 aliphatic rings. The van der Waals surface area contributed by atoms with E-state index in [1.807, 2.05) is 48.5 Å². The largest absolute Gasteiger partial charge is 0.507 e. The maximum absolute atomic E-state index is 14.0. The summed E-state index contributed by atoms with van der Waals surface area (Å²) in [6.07, 6.45) is 0. The number of hydrogen-bond acceptors (Lipinski definition) is 3. The lowest BCUT2D eigenvalue weighted by atomic mass is 9.78. The molecule has 3 nitrogen and oxygen atoms in total. The zero-order valence-electron chi connectivity index (χ0n) is 20.4. The minimum absolute atomic E-state index is 0.185. The van der Waals surface area contributed by atoms with E-state index in [-0.39, 0.29) is 10.6 Å². The number of phenols is 1. The first-order valence-corrected chi connectivity index (χ1v) is 12.6. The van der Waals surface area contributed by atoms with E-state index >= 15 is 0 Å². The van der Waals surface area contributed by atoms with E-state index in [4.69, 9.17) is 0 Å². The fourth-order valence-electron chi connectivity index (χ4n) is 4.00. The van der Waals surface area contributed by atoms with Gasteiger partial charge < -0.3 is 5.11 Å². The van der Waals surface area contributed by atoms with E-state index < -0.39 is 31.7 Å². The second kappa shape index (κ2) is 8.60. The fourth-order valence-corrected chi connectivity index (χ4v) is 5.80. The lowest BCUT2D eigenvalue weighted by Crippen LogP contribution is -2.21. The average molecular weight is 469 g/mol. The molecule has 0 aliphatic heterocycles. The lowest BCUT2D eigenvalue weighted by Gasteiger charge is -2.30. The van der Waals surface area contributed by atoms with Crippen molar-refractivity contribution < 1.29 is 17.9 Å². The molecule has 0 amide bonds. The summed E-state index contributed by atoms with van der Waals surface area (Å²) in [7, 11) is -3.88. The summed E-state index contributed by atoms with van der Waals surface area (Å²) in [6, 6.07) is 15.9. The van der Waals surface area contributed by atoms with Crippen LogP contribution in [0.2, 0.25) is 0 Å². The third-order valence-corrected chi connectivity index (χ3v) is 7.98. The molecule has 0 spiro atoms. The molecule has 1 N–H and O–H groups in total. The van der Waals surface area contributed by atoms with Gasteiger partial charge in [-0.05, 0) is 76.4 Å². The van der Waals surface area contributed by atoms with Crippen molar-refractivity contribution in [3.63, 3.8) is 0 Å². The van der Waals surface area contributed by atoms with Gasteiger partial charge in [0.05, 0.1) is 4.90 Å². The topological polar surface area (TPSA) is 54.4 Å². The number of rotatable bonds is 4. The molecule has 3 rings (SSSR count). The van der Waals surface area contributed by atoms with Gasteiger partial charge in [-0.25, -0.2) is 12.8 Å². The van der Waals surface area contributed by atoms with Gasteiger partial charge in [-0.2, -0.15) is 0 Å². The standard InChI is InChI=1S/C28H33FO3S/c1-18-8-14-22(15-9-18)33(31,32)26(19-10-12-21(29)13-11-19)20-16-23(27(2,3)4)25(30)24(17-20)28(5,6)7/h8-17,26,30H,1-7H3. The molecule has 0 bridgehead atoms. The van der Waals surface area contributed by atoms with E-state index in [0.29, 0.717) is 22.3 Å². The smallest absolute Gasteiger partial charge is 0.189 e. The second-order valence-corrected chi connectivity index (χ2v) is 12.8. The molecular formula is C28H33FO3S. The van der Waals surface area contributed by atoms with Crippen LogP contribution in [0.5, 0.6) is 5.75 Å². The second-order valence-electron chi connectivity index (χ2n) is 10.8. The van der Waals surface area contributed by atoms with Gasteiger partial charge in [0, 0.05) is 0 Å². The summed E-state index contributed by atoms with van der Waals surface area (Å²) in [5.74, 6) is -0.244. The van der Waals surface area contributed by atoms with Crippen LogP contribution in [0, 0.1) is 12.7 Å². The Morgan fingerprint density at radius 2 is 1.21 bits per heavy atom. The highest BCUT2D eigenvalue weighted by molar-refractivity contribution is 7.91. The number of sulfone groups is 1. The van der Waals surface area contributed by atoms with Gasteiger partial charge in [0.25, 0.3) is 0 Å². The molecule has 0 saturated carbocycles. The molecule has 0 fully saturated rings. The van der Waals surface area contributed by atoms with Gasteiger partial charge in [-0.1, -0.05) is 71.4 Å². The number of halogens is 1. The third kappa shape index (κ3) is 5.14. The molecule has 1 unspecified atom stereocenters. The van der Waals surface area contributed by atoms with Crippen LogP contribution in [-0.4, -0.2) is 13.5 Å². The monoisotopic (exact) mass is 468 g/mol. The van der Waals surface area contributed by atoms with Crippen LogP contribution in [-0.2, 0) is 20.7 Å². The highest BCUT2D eigenvalue weighted by Gasteiger charge is 2.35. The van der Waals surface area contributed by atoms with Crippen molar-refractivity contribution >= 4 is 9.84 Å². The van der Waals surface area contributed by atoms with E-state index in [1.54, 1.807) is 36.4 Å². The van der Waals surface area contributed by atoms with Crippen LogP contribution < -0.4 is 0 Å². The Kier molecular flexibility index (Phi) is 6.51. The Bertz CT molecular complexity index is 1210. The molecule has 3 aromatic rings. The zero-order valence-corrected chi connectivity index (χ0v) is 21.2. The van der Waals surface area contributed by atoms with Crippen LogP contribution in [0.3, 0.4) is 0 Å². The molecule has 1 atom stereocenters. The Morgan fingerprint density at radius 1 is 0.758 bits per heavy atom. The third-order valence-electron chi connectivity index (χ3n) is 5.88. The van der Waals surface area contributed by atoms with Crippen molar-refractivity contribution in [1.82, 2.24) is 0 Å². The summed E-state index contributed by atoms with van der Waals surface area (Å²) >= 11 is 0. The number of aryl methyl sites for hydroxylation is 1. The number of benzene rings is 3. The van der Waals surface area contributed by atoms with E-state index in [9.17, 15) is 17.9 Å². The minimum atomic E-state index is -3.88. The molecule has 0 saturated heterocycles. The van der Waals surface area contributed by atoms with Crippen molar-refractivity contribution in [3.8, 4) is 5.75 Å². The SMILES string of the molecule is Cc1ccc(S(=O)(=O)C(c2ccc(F)cc2)c2cc(C(C)(C)C)c(O)c(C(C)(C)C)c2)cc1. The van der Waals surface area contributed by atoms with Crippen molar-refractivity contribution in [1.29, 1.82) is 0 Å². The molecule has 3 aromatic carbocycles. The molecule has 0 aliphatic carbocycles. The Morgan fingerprint density at radius 3 is 1.64 bits per heavy atom. The summed E-state index contributed by atoms with van der Waals surface area (Å²) in [6.45, 7) is 13.8. The maximum Gasteiger partial charge on any atom is 0.189 e. The van der Waals surface area contributed by atoms with Crippen molar-refractivity contribution in [2.45, 2.75) is 69.4 Å². The highest BCUT2D eigenvalue weighted by atomic mass is 32.2. The highest BCUT2D eigenvalue weighted by Crippen LogP contribution is 2.44. The Hall–Kier alpha value is -2.66. The molecule has 5 heteroatoms. The van der Waals surface area contributed by atoms with Crippen molar-refractivity contribution in [2.75, 3.05) is 0 Å². The van der Waals surface area contributed by atoms with Crippen molar-refractivity contribution in [2.24, 2.45) is 0 Å². The van der Waals surface area contributed by atoms with Gasteiger partial charge in [-0.15, -0.1) is 0 Å². The van der Waals surface area contributed by atoms with Crippen LogP contribution in [0.1, 0.15) is 74.6 Å². The van der Waals surface area contributed by atoms with Gasteiger partial charge in [0.2, 0.25) is 0 Å². The molecule has 176 valence electrons. The number of aromatic hydroxyl groups is 1. The molecular weight excluding hydrogens is 435 g/mol. The molecule has 0 radical (unpaired) electrons. The summed E-state index contributed by atoms with van der Waals surface area (Å²) < 4.78 is 41.7. The van der Waals surface area contributed by atoms with Crippen LogP contribution in [0.15, 0.2) is 65.6 Å². The van der Waals surface area contributed by atoms with Gasteiger partial charge in [0.15, 0.2) is 9.84 Å². The van der Waals surface area contributed by atoms with Gasteiger partial charge >= 0.3 is 0 Å². The first-order valence-electron chi connectivity index (χ1n) is 11.1. The van der Waals surface area contributed by atoms with Crippen LogP contribution >= 0.6 is 0 Å². The van der Waals surface area contributed by atoms with E-state index in [1.165, 1.54) is 24.3 Å². The van der Waals surface area contributed by atoms with Crippen molar-refractivity contribution in [3.05, 3.63) is 94.3 Å². The first-order chi connectivity index (χ1) is 15.1. The zero-order chi connectivity index (χ0) is 24.8. The Balaban J connectivity index is 2.38. The minimum Gasteiger partial charge on any atom is -0.507 e. The van der Waals surface area contributed by atoms with Gasteiger partial charge in [0.1, 0.15) is 16.8 Å². The number of hydrogen-bond donors (Lipinski definition) is 1.